The van der Waals surface area contributed by atoms with E-state index in [1.807, 2.05) is 6.07 Å². The number of benzene rings is 2. The van der Waals surface area contributed by atoms with Crippen molar-refractivity contribution in [1.82, 2.24) is 10.3 Å². The number of rotatable bonds is 6. The Morgan fingerprint density at radius 1 is 0.900 bits per heavy atom. The first-order chi connectivity index (χ1) is 14.6. The molecule has 0 unspecified atom stereocenters. The average Bonchev–Trinajstić information content (AvgIpc) is 2.79. The molecule has 150 valence electrons. The van der Waals surface area contributed by atoms with Crippen molar-refractivity contribution in [2.45, 2.75) is 6.54 Å². The number of hydrogen-bond acceptors (Lipinski definition) is 6. The van der Waals surface area contributed by atoms with Gasteiger partial charge < -0.3 is 15.7 Å². The second kappa shape index (κ2) is 8.26. The first-order valence-electron chi connectivity index (χ1n) is 9.50. The van der Waals surface area contributed by atoms with Crippen LogP contribution in [0, 0.1) is 0 Å². The SMILES string of the molecule is O=C(NCc1ccccn1)c1ccc2c(c1NCCO)C(=O)c1ccccc1C2=O. The van der Waals surface area contributed by atoms with E-state index in [1.165, 1.54) is 12.1 Å². The zero-order chi connectivity index (χ0) is 21.1. The molecule has 2 aromatic carbocycles. The van der Waals surface area contributed by atoms with Crippen LogP contribution in [0.25, 0.3) is 0 Å². The van der Waals surface area contributed by atoms with Gasteiger partial charge in [0.1, 0.15) is 0 Å². The molecule has 0 saturated carbocycles. The number of fused-ring (bicyclic) bond motifs is 2. The number of aliphatic hydroxyl groups excluding tert-OH is 1. The van der Waals surface area contributed by atoms with Crippen molar-refractivity contribution < 1.29 is 19.5 Å². The van der Waals surface area contributed by atoms with Crippen LogP contribution in [0.15, 0.2) is 60.8 Å². The minimum Gasteiger partial charge on any atom is -0.395 e. The third-order valence-corrected chi connectivity index (χ3v) is 4.91. The molecule has 0 atom stereocenters. The maximum Gasteiger partial charge on any atom is 0.253 e. The summed E-state index contributed by atoms with van der Waals surface area (Å²) in [5.74, 6) is -1.02. The predicted molar refractivity (Wildman–Crippen MR) is 111 cm³/mol. The van der Waals surface area contributed by atoms with E-state index in [9.17, 15) is 19.5 Å². The molecule has 1 amide bonds. The second-order valence-electron chi connectivity index (χ2n) is 6.77. The van der Waals surface area contributed by atoms with Gasteiger partial charge in [-0.3, -0.25) is 19.4 Å². The van der Waals surface area contributed by atoms with Gasteiger partial charge in [-0.05, 0) is 24.3 Å². The summed E-state index contributed by atoms with van der Waals surface area (Å²) in [6.45, 7) is 0.142. The molecule has 0 radical (unpaired) electrons. The molecule has 0 bridgehead atoms. The van der Waals surface area contributed by atoms with Crippen molar-refractivity contribution in [2.75, 3.05) is 18.5 Å². The Morgan fingerprint density at radius 2 is 1.63 bits per heavy atom. The Morgan fingerprint density at radius 3 is 2.33 bits per heavy atom. The summed E-state index contributed by atoms with van der Waals surface area (Å²) in [6, 6.07) is 15.0. The van der Waals surface area contributed by atoms with Crippen LogP contribution < -0.4 is 10.6 Å². The molecule has 0 fully saturated rings. The number of pyridine rings is 1. The van der Waals surface area contributed by atoms with Crippen LogP contribution in [0.4, 0.5) is 5.69 Å². The predicted octanol–water partition coefficient (Wildman–Crippen LogP) is 2.19. The summed E-state index contributed by atoms with van der Waals surface area (Å²) in [5.41, 5.74) is 2.18. The van der Waals surface area contributed by atoms with Crippen molar-refractivity contribution in [3.8, 4) is 0 Å². The molecule has 1 aliphatic carbocycles. The lowest BCUT2D eigenvalue weighted by molar-refractivity contribution is 0.0949. The van der Waals surface area contributed by atoms with Gasteiger partial charge in [0.05, 0.1) is 35.7 Å². The lowest BCUT2D eigenvalue weighted by Gasteiger charge is -2.22. The minimum atomic E-state index is -0.414. The molecular formula is C23H19N3O4. The highest BCUT2D eigenvalue weighted by atomic mass is 16.3. The van der Waals surface area contributed by atoms with E-state index in [-0.39, 0.29) is 53.6 Å². The first kappa shape index (κ1) is 19.5. The molecular weight excluding hydrogens is 382 g/mol. The molecule has 0 spiro atoms. The number of carbonyl (C=O) groups excluding carboxylic acids is 3. The molecule has 3 aromatic rings. The van der Waals surface area contributed by atoms with Crippen LogP contribution in [0.1, 0.15) is 47.9 Å². The third kappa shape index (κ3) is 3.46. The number of ketones is 2. The van der Waals surface area contributed by atoms with Gasteiger partial charge in [0.15, 0.2) is 11.6 Å². The average molecular weight is 401 g/mol. The number of aliphatic hydroxyl groups is 1. The number of amides is 1. The standard InChI is InChI=1S/C23H19N3O4/c27-12-11-25-20-18(23(30)26-13-14-5-3-4-10-24-14)9-8-17-19(20)22(29)16-7-2-1-6-15(16)21(17)28/h1-10,25,27H,11-13H2,(H,26,30). The van der Waals surface area contributed by atoms with Crippen molar-refractivity contribution in [3.05, 3.63) is 94.3 Å². The number of carbonyl (C=O) groups is 3. The highest BCUT2D eigenvalue weighted by Gasteiger charge is 2.33. The van der Waals surface area contributed by atoms with Crippen LogP contribution >= 0.6 is 0 Å². The molecule has 1 heterocycles. The van der Waals surface area contributed by atoms with Gasteiger partial charge in [-0.2, -0.15) is 0 Å². The van der Waals surface area contributed by atoms with Crippen LogP contribution in [0.3, 0.4) is 0 Å². The Bertz CT molecular complexity index is 1140. The van der Waals surface area contributed by atoms with E-state index in [1.54, 1.807) is 42.6 Å². The van der Waals surface area contributed by atoms with E-state index >= 15 is 0 Å². The summed E-state index contributed by atoms with van der Waals surface area (Å²) in [6.07, 6.45) is 1.64. The number of hydrogen-bond donors (Lipinski definition) is 3. The third-order valence-electron chi connectivity index (χ3n) is 4.91. The van der Waals surface area contributed by atoms with Crippen molar-refractivity contribution in [1.29, 1.82) is 0 Å². The summed E-state index contributed by atoms with van der Waals surface area (Å²) in [7, 11) is 0. The summed E-state index contributed by atoms with van der Waals surface area (Å²) < 4.78 is 0. The lowest BCUT2D eigenvalue weighted by Crippen LogP contribution is -2.28. The smallest absolute Gasteiger partial charge is 0.253 e. The molecule has 0 aliphatic heterocycles. The van der Waals surface area contributed by atoms with E-state index in [4.69, 9.17) is 0 Å². The number of anilines is 1. The van der Waals surface area contributed by atoms with Gasteiger partial charge in [-0.15, -0.1) is 0 Å². The quantitative estimate of drug-likeness (QED) is 0.457. The van der Waals surface area contributed by atoms with Gasteiger partial charge in [-0.1, -0.05) is 30.3 Å². The molecule has 30 heavy (non-hydrogen) atoms. The van der Waals surface area contributed by atoms with Gasteiger partial charge in [0.25, 0.3) is 5.91 Å². The molecule has 0 saturated heterocycles. The van der Waals surface area contributed by atoms with Crippen molar-refractivity contribution in [2.24, 2.45) is 0 Å². The van der Waals surface area contributed by atoms with E-state index in [0.29, 0.717) is 16.8 Å². The highest BCUT2D eigenvalue weighted by molar-refractivity contribution is 6.31. The van der Waals surface area contributed by atoms with Crippen LogP contribution in [-0.2, 0) is 6.54 Å². The number of aromatic nitrogens is 1. The topological polar surface area (TPSA) is 108 Å². The van der Waals surface area contributed by atoms with Gasteiger partial charge in [-0.25, -0.2) is 0 Å². The molecule has 4 rings (SSSR count). The minimum absolute atomic E-state index is 0.125. The van der Waals surface area contributed by atoms with Crippen LogP contribution in [0.5, 0.6) is 0 Å². The zero-order valence-electron chi connectivity index (χ0n) is 16.0. The van der Waals surface area contributed by atoms with E-state index < -0.39 is 5.91 Å². The van der Waals surface area contributed by atoms with Gasteiger partial charge in [0.2, 0.25) is 0 Å². The Hall–Kier alpha value is -3.84. The summed E-state index contributed by atoms with van der Waals surface area (Å²) in [5, 5.41) is 15.0. The van der Waals surface area contributed by atoms with Gasteiger partial charge in [0, 0.05) is 29.4 Å². The normalized spacial score (nSPS) is 12.2. The second-order valence-corrected chi connectivity index (χ2v) is 6.77. The van der Waals surface area contributed by atoms with Crippen LogP contribution in [-0.4, -0.2) is 40.7 Å². The number of nitrogens with zero attached hydrogens (tertiary/aromatic N) is 1. The maximum atomic E-state index is 13.2. The lowest BCUT2D eigenvalue weighted by atomic mass is 9.82. The van der Waals surface area contributed by atoms with Crippen molar-refractivity contribution in [3.63, 3.8) is 0 Å². The Balaban J connectivity index is 1.74. The molecule has 1 aromatic heterocycles. The fraction of sp³-hybridized carbons (Fsp3) is 0.130. The summed E-state index contributed by atoms with van der Waals surface area (Å²) >= 11 is 0. The fourth-order valence-electron chi connectivity index (χ4n) is 3.51. The van der Waals surface area contributed by atoms with Gasteiger partial charge >= 0.3 is 0 Å². The molecule has 7 nitrogen and oxygen atoms in total. The maximum absolute atomic E-state index is 13.2. The monoisotopic (exact) mass is 401 g/mol. The Kier molecular flexibility index (Phi) is 5.36. The molecule has 7 heteroatoms. The first-order valence-corrected chi connectivity index (χ1v) is 9.50. The fourth-order valence-corrected chi connectivity index (χ4v) is 3.51. The largest absolute Gasteiger partial charge is 0.395 e. The number of nitrogens with one attached hydrogen (secondary N) is 2. The Labute approximate surface area is 172 Å². The zero-order valence-corrected chi connectivity index (χ0v) is 16.0. The van der Waals surface area contributed by atoms with Crippen molar-refractivity contribution >= 4 is 23.2 Å². The molecule has 1 aliphatic rings. The highest BCUT2D eigenvalue weighted by Crippen LogP contribution is 2.34. The van der Waals surface area contributed by atoms with E-state index in [0.717, 1.165) is 0 Å². The summed E-state index contributed by atoms with van der Waals surface area (Å²) in [4.78, 5) is 43.2. The van der Waals surface area contributed by atoms with E-state index in [2.05, 4.69) is 15.6 Å². The van der Waals surface area contributed by atoms with Crippen LogP contribution in [0.2, 0.25) is 0 Å². The molecule has 3 N–H and O–H groups in total.